The Hall–Kier alpha value is -1.39. The molecular weight excluding hydrogens is 404 g/mol. The van der Waals surface area contributed by atoms with Gasteiger partial charge in [-0.25, -0.2) is 0 Å². The van der Waals surface area contributed by atoms with Gasteiger partial charge in [0.1, 0.15) is 9.96 Å². The van der Waals surface area contributed by atoms with E-state index in [4.69, 9.17) is 21.1 Å². The molecule has 6 nitrogen and oxygen atoms in total. The zero-order chi connectivity index (χ0) is 18.0. The van der Waals surface area contributed by atoms with E-state index in [9.17, 15) is 8.42 Å². The standard InChI is InChI=1S/C15H15ClN2O4S3/c1-21-8-7-18-11-4-3-10(22-2)9-12(11)23-15(18)17-25(19,20)14-6-5-13(16)24-14/h3-6,9H,7-8H2,1-2H3/b17-15-. The molecule has 0 saturated carbocycles. The molecular formula is C15H15ClN2O4S3. The molecule has 0 atom stereocenters. The average Bonchev–Trinajstić information content (AvgIpc) is 3.16. The van der Waals surface area contributed by atoms with Crippen molar-refractivity contribution in [3.8, 4) is 5.75 Å². The van der Waals surface area contributed by atoms with E-state index >= 15 is 0 Å². The Morgan fingerprint density at radius 3 is 2.64 bits per heavy atom. The maximum Gasteiger partial charge on any atom is 0.294 e. The lowest BCUT2D eigenvalue weighted by atomic mass is 10.3. The number of thiazole rings is 1. The zero-order valence-corrected chi connectivity index (χ0v) is 16.6. The summed E-state index contributed by atoms with van der Waals surface area (Å²) in [6, 6.07) is 8.58. The topological polar surface area (TPSA) is 69.9 Å². The maximum absolute atomic E-state index is 12.6. The molecule has 134 valence electrons. The van der Waals surface area contributed by atoms with Gasteiger partial charge in [0.2, 0.25) is 4.80 Å². The highest BCUT2D eigenvalue weighted by Gasteiger charge is 2.17. The van der Waals surface area contributed by atoms with Gasteiger partial charge < -0.3 is 14.0 Å². The molecule has 3 aromatic rings. The summed E-state index contributed by atoms with van der Waals surface area (Å²) in [5, 5.41) is 0. The zero-order valence-electron chi connectivity index (χ0n) is 13.4. The lowest BCUT2D eigenvalue weighted by Gasteiger charge is -2.05. The predicted octanol–water partition coefficient (Wildman–Crippen LogP) is 3.36. The van der Waals surface area contributed by atoms with Crippen LogP contribution in [0.15, 0.2) is 38.9 Å². The van der Waals surface area contributed by atoms with Crippen LogP contribution in [0.3, 0.4) is 0 Å². The summed E-state index contributed by atoms with van der Waals surface area (Å²) < 4.78 is 42.8. The lowest BCUT2D eigenvalue weighted by Crippen LogP contribution is -2.19. The summed E-state index contributed by atoms with van der Waals surface area (Å²) in [4.78, 5) is 0.379. The van der Waals surface area contributed by atoms with Crippen LogP contribution in [0.4, 0.5) is 0 Å². The third-order valence-electron chi connectivity index (χ3n) is 3.41. The number of sulfonamides is 1. The molecule has 0 spiro atoms. The first-order valence-electron chi connectivity index (χ1n) is 7.17. The Labute approximate surface area is 158 Å². The first-order valence-corrected chi connectivity index (χ1v) is 10.6. The Balaban J connectivity index is 2.19. The number of methoxy groups -OCH3 is 2. The molecule has 0 N–H and O–H groups in total. The van der Waals surface area contributed by atoms with Crippen LogP contribution in [0.5, 0.6) is 5.75 Å². The van der Waals surface area contributed by atoms with E-state index in [-0.39, 0.29) is 4.21 Å². The molecule has 3 rings (SSSR count). The van der Waals surface area contributed by atoms with Gasteiger partial charge in [-0.2, -0.15) is 8.42 Å². The van der Waals surface area contributed by atoms with Crippen LogP contribution in [-0.2, 0) is 21.3 Å². The Morgan fingerprint density at radius 1 is 1.20 bits per heavy atom. The summed E-state index contributed by atoms with van der Waals surface area (Å²) in [7, 11) is -0.643. The van der Waals surface area contributed by atoms with Gasteiger partial charge in [0.15, 0.2) is 0 Å². The monoisotopic (exact) mass is 418 g/mol. The lowest BCUT2D eigenvalue weighted by molar-refractivity contribution is 0.187. The van der Waals surface area contributed by atoms with Crippen LogP contribution in [0, 0.1) is 0 Å². The van der Waals surface area contributed by atoms with Crippen LogP contribution >= 0.6 is 34.3 Å². The number of fused-ring (bicyclic) bond motifs is 1. The van der Waals surface area contributed by atoms with Crippen molar-refractivity contribution in [1.29, 1.82) is 0 Å². The average molecular weight is 419 g/mol. The number of aromatic nitrogens is 1. The van der Waals surface area contributed by atoms with Crippen LogP contribution in [0.1, 0.15) is 0 Å². The Kier molecular flexibility index (Phi) is 5.49. The van der Waals surface area contributed by atoms with Crippen molar-refractivity contribution >= 4 is 54.5 Å². The predicted molar refractivity (Wildman–Crippen MR) is 100 cm³/mol. The van der Waals surface area contributed by atoms with E-state index in [2.05, 4.69) is 4.40 Å². The number of nitrogens with zero attached hydrogens (tertiary/aromatic N) is 2. The number of hydrogen-bond acceptors (Lipinski definition) is 6. The van der Waals surface area contributed by atoms with Crippen molar-refractivity contribution in [2.75, 3.05) is 20.8 Å². The number of rotatable bonds is 6. The minimum Gasteiger partial charge on any atom is -0.497 e. The minimum absolute atomic E-state index is 0.117. The van der Waals surface area contributed by atoms with Gasteiger partial charge in [0.25, 0.3) is 10.0 Å². The van der Waals surface area contributed by atoms with Crippen molar-refractivity contribution in [2.45, 2.75) is 10.8 Å². The molecule has 2 heterocycles. The third kappa shape index (κ3) is 3.90. The van der Waals surface area contributed by atoms with Gasteiger partial charge >= 0.3 is 0 Å². The molecule has 0 aliphatic carbocycles. The number of ether oxygens (including phenoxy) is 2. The van der Waals surface area contributed by atoms with E-state index < -0.39 is 10.0 Å². The molecule has 0 radical (unpaired) electrons. The summed E-state index contributed by atoms with van der Waals surface area (Å²) in [6.45, 7) is 0.929. The number of halogens is 1. The summed E-state index contributed by atoms with van der Waals surface area (Å²) in [5.74, 6) is 0.701. The largest absolute Gasteiger partial charge is 0.497 e. The minimum atomic E-state index is -3.83. The molecule has 10 heteroatoms. The van der Waals surface area contributed by atoms with Crippen LogP contribution < -0.4 is 9.54 Å². The van der Waals surface area contributed by atoms with Gasteiger partial charge in [0, 0.05) is 13.7 Å². The van der Waals surface area contributed by atoms with E-state index in [0.717, 1.165) is 21.6 Å². The van der Waals surface area contributed by atoms with E-state index in [1.807, 2.05) is 22.8 Å². The molecule has 0 bridgehead atoms. The molecule has 0 saturated heterocycles. The quantitative estimate of drug-likeness (QED) is 0.615. The van der Waals surface area contributed by atoms with E-state index in [0.29, 0.717) is 28.0 Å². The fraction of sp³-hybridized carbons (Fsp3) is 0.267. The summed E-state index contributed by atoms with van der Waals surface area (Å²) >= 11 is 8.12. The highest BCUT2D eigenvalue weighted by Crippen LogP contribution is 2.27. The Morgan fingerprint density at radius 2 is 2.00 bits per heavy atom. The molecule has 25 heavy (non-hydrogen) atoms. The Bertz CT molecular complexity index is 1070. The number of thiophene rings is 1. The highest BCUT2D eigenvalue weighted by molar-refractivity contribution is 7.92. The SMILES string of the molecule is COCCn1/c(=N/S(=O)(=O)c2ccc(Cl)s2)sc2cc(OC)ccc21. The van der Waals surface area contributed by atoms with Gasteiger partial charge in [-0.05, 0) is 30.3 Å². The molecule has 0 unspecified atom stereocenters. The fourth-order valence-electron chi connectivity index (χ4n) is 2.23. The van der Waals surface area contributed by atoms with Crippen LogP contribution in [-0.4, -0.2) is 33.8 Å². The van der Waals surface area contributed by atoms with E-state index in [1.54, 1.807) is 20.3 Å². The summed E-state index contributed by atoms with van der Waals surface area (Å²) in [5.41, 5.74) is 0.876. The van der Waals surface area contributed by atoms with Crippen LogP contribution in [0.2, 0.25) is 4.34 Å². The molecule has 0 amide bonds. The molecule has 0 aliphatic rings. The van der Waals surface area contributed by atoms with Gasteiger partial charge in [-0.1, -0.05) is 22.9 Å². The van der Waals surface area contributed by atoms with E-state index in [1.165, 1.54) is 17.4 Å². The fourth-order valence-corrected chi connectivity index (χ4v) is 5.98. The van der Waals surface area contributed by atoms with Gasteiger partial charge in [0.05, 0.1) is 28.3 Å². The van der Waals surface area contributed by atoms with Crippen molar-refractivity contribution in [1.82, 2.24) is 4.57 Å². The second kappa shape index (κ2) is 7.46. The third-order valence-corrected chi connectivity index (χ3v) is 7.53. The smallest absolute Gasteiger partial charge is 0.294 e. The molecule has 0 aliphatic heterocycles. The number of benzene rings is 1. The molecule has 2 aromatic heterocycles. The maximum atomic E-state index is 12.6. The van der Waals surface area contributed by atoms with Crippen molar-refractivity contribution < 1.29 is 17.9 Å². The highest BCUT2D eigenvalue weighted by atomic mass is 35.5. The first kappa shape index (κ1) is 18.4. The van der Waals surface area contributed by atoms with Gasteiger partial charge in [-0.3, -0.25) is 0 Å². The molecule has 1 aromatic carbocycles. The second-order valence-electron chi connectivity index (χ2n) is 4.99. The van der Waals surface area contributed by atoms with Crippen molar-refractivity contribution in [3.05, 3.63) is 39.5 Å². The van der Waals surface area contributed by atoms with Crippen molar-refractivity contribution in [3.63, 3.8) is 0 Å². The van der Waals surface area contributed by atoms with Crippen LogP contribution in [0.25, 0.3) is 10.2 Å². The normalized spacial score (nSPS) is 12.8. The first-order chi connectivity index (χ1) is 11.9. The summed E-state index contributed by atoms with van der Waals surface area (Å²) in [6.07, 6.45) is 0. The second-order valence-corrected chi connectivity index (χ2v) is 9.54. The number of hydrogen-bond donors (Lipinski definition) is 0. The molecule has 0 fully saturated rings. The van der Waals surface area contributed by atoms with Crippen molar-refractivity contribution in [2.24, 2.45) is 4.40 Å². The van der Waals surface area contributed by atoms with Gasteiger partial charge in [-0.15, -0.1) is 15.7 Å².